The van der Waals surface area contributed by atoms with Crippen molar-refractivity contribution in [1.82, 2.24) is 14.9 Å². The van der Waals surface area contributed by atoms with E-state index in [4.69, 9.17) is 5.11 Å². The highest BCUT2D eigenvalue weighted by atomic mass is 32.2. The Hall–Kier alpha value is -1.41. The smallest absolute Gasteiger partial charge is 0.307 e. The van der Waals surface area contributed by atoms with E-state index in [2.05, 4.69) is 14.9 Å². The number of carbonyl (C=O) groups is 1. The number of carboxylic acids is 1. The van der Waals surface area contributed by atoms with Crippen LogP contribution >= 0.6 is 0 Å². The van der Waals surface area contributed by atoms with E-state index >= 15 is 0 Å². The molecule has 1 aromatic rings. The first-order chi connectivity index (χ1) is 8.62. The summed E-state index contributed by atoms with van der Waals surface area (Å²) in [6.07, 6.45) is 1.70. The molecule has 0 aromatic carbocycles. The van der Waals surface area contributed by atoms with Crippen molar-refractivity contribution in [2.45, 2.75) is 32.2 Å². The normalized spacial score (nSPS) is 14.3. The van der Waals surface area contributed by atoms with Crippen LogP contribution in [0.5, 0.6) is 0 Å². The third-order valence-electron chi connectivity index (χ3n) is 2.49. The van der Waals surface area contributed by atoms with Crippen molar-refractivity contribution >= 4 is 16.0 Å². The van der Waals surface area contributed by atoms with Crippen molar-refractivity contribution in [1.29, 1.82) is 0 Å². The molecule has 0 saturated heterocycles. The Labute approximate surface area is 112 Å². The predicted molar refractivity (Wildman–Crippen MR) is 69.0 cm³/mol. The zero-order valence-electron chi connectivity index (χ0n) is 11.2. The van der Waals surface area contributed by atoms with E-state index in [1.54, 1.807) is 0 Å². The minimum atomic E-state index is -3.73. The summed E-state index contributed by atoms with van der Waals surface area (Å²) in [4.78, 5) is 11.1. The molecule has 0 spiro atoms. The number of aromatic amines is 1. The van der Waals surface area contributed by atoms with Gasteiger partial charge >= 0.3 is 5.97 Å². The molecule has 0 amide bonds. The molecule has 1 atom stereocenters. The molecule has 0 radical (unpaired) electrons. The predicted octanol–water partition coefficient (Wildman–Crippen LogP) is 0.825. The summed E-state index contributed by atoms with van der Waals surface area (Å²) >= 11 is 0. The highest BCUT2D eigenvalue weighted by molar-refractivity contribution is 7.89. The Morgan fingerprint density at radius 3 is 2.58 bits per heavy atom. The molecule has 3 N–H and O–H groups in total. The minimum Gasteiger partial charge on any atom is -0.481 e. The lowest BCUT2D eigenvalue weighted by molar-refractivity contribution is -0.142. The van der Waals surface area contributed by atoms with E-state index in [1.165, 1.54) is 12.3 Å². The number of hydrogen-bond donors (Lipinski definition) is 3. The van der Waals surface area contributed by atoms with Crippen molar-refractivity contribution in [3.63, 3.8) is 0 Å². The number of nitrogens with zero attached hydrogens (tertiary/aromatic N) is 1. The van der Waals surface area contributed by atoms with Crippen LogP contribution in [0.15, 0.2) is 17.3 Å². The Morgan fingerprint density at radius 2 is 2.16 bits per heavy atom. The van der Waals surface area contributed by atoms with Crippen LogP contribution in [-0.2, 0) is 14.8 Å². The second-order valence-electron chi connectivity index (χ2n) is 5.57. The van der Waals surface area contributed by atoms with Gasteiger partial charge in [0.25, 0.3) is 10.0 Å². The number of H-pyrrole nitrogens is 1. The topological polar surface area (TPSA) is 112 Å². The maximum atomic E-state index is 11.8. The molecule has 0 saturated carbocycles. The summed E-state index contributed by atoms with van der Waals surface area (Å²) in [5.41, 5.74) is -0.192. The molecule has 0 aliphatic rings. The lowest BCUT2D eigenvalue weighted by Gasteiger charge is -2.23. The third kappa shape index (κ3) is 4.99. The van der Waals surface area contributed by atoms with E-state index in [0.717, 1.165) is 0 Å². The molecular formula is C11H19N3O4S. The molecule has 0 aliphatic carbocycles. The second kappa shape index (κ2) is 5.70. The summed E-state index contributed by atoms with van der Waals surface area (Å²) in [7, 11) is -3.73. The zero-order valence-corrected chi connectivity index (χ0v) is 12.0. The highest BCUT2D eigenvalue weighted by Crippen LogP contribution is 2.24. The summed E-state index contributed by atoms with van der Waals surface area (Å²) in [5.74, 6) is -1.78. The summed E-state index contributed by atoms with van der Waals surface area (Å²) < 4.78 is 25.9. The average molecular weight is 289 g/mol. The van der Waals surface area contributed by atoms with Crippen molar-refractivity contribution in [2.24, 2.45) is 11.3 Å². The van der Waals surface area contributed by atoms with Gasteiger partial charge in [0.1, 0.15) is 0 Å². The van der Waals surface area contributed by atoms with E-state index in [-0.39, 0.29) is 17.0 Å². The molecular weight excluding hydrogens is 270 g/mol. The van der Waals surface area contributed by atoms with Gasteiger partial charge in [-0.3, -0.25) is 9.89 Å². The van der Waals surface area contributed by atoms with E-state index in [0.29, 0.717) is 6.42 Å². The van der Waals surface area contributed by atoms with Crippen LogP contribution in [0.1, 0.15) is 27.2 Å². The highest BCUT2D eigenvalue weighted by Gasteiger charge is 2.26. The van der Waals surface area contributed by atoms with Gasteiger partial charge in [0.15, 0.2) is 5.03 Å². The van der Waals surface area contributed by atoms with Gasteiger partial charge in [-0.2, -0.15) is 5.10 Å². The maximum absolute atomic E-state index is 11.8. The monoisotopic (exact) mass is 289 g/mol. The number of aromatic nitrogens is 2. The fourth-order valence-corrected chi connectivity index (χ4v) is 2.66. The van der Waals surface area contributed by atoms with Gasteiger partial charge in [-0.05, 0) is 17.9 Å². The second-order valence-corrected chi connectivity index (χ2v) is 7.31. The third-order valence-corrected chi connectivity index (χ3v) is 3.85. The van der Waals surface area contributed by atoms with Crippen molar-refractivity contribution < 1.29 is 18.3 Å². The van der Waals surface area contributed by atoms with Crippen LogP contribution in [0.25, 0.3) is 0 Å². The van der Waals surface area contributed by atoms with Crippen LogP contribution in [0.3, 0.4) is 0 Å². The van der Waals surface area contributed by atoms with Crippen molar-refractivity contribution in [3.05, 3.63) is 12.3 Å². The summed E-state index contributed by atoms with van der Waals surface area (Å²) in [6.45, 7) is 5.58. The number of sulfonamides is 1. The SMILES string of the molecule is CC(C)(C)CC(CNS(=O)(=O)c1ccn[nH]1)C(=O)O. The molecule has 108 valence electrons. The average Bonchev–Trinajstić information content (AvgIpc) is 2.76. The van der Waals surface area contributed by atoms with Crippen LogP contribution in [0.4, 0.5) is 0 Å². The minimum absolute atomic E-state index is 0.0765. The van der Waals surface area contributed by atoms with E-state index < -0.39 is 21.9 Å². The lowest BCUT2D eigenvalue weighted by atomic mass is 9.85. The van der Waals surface area contributed by atoms with E-state index in [1.807, 2.05) is 20.8 Å². The van der Waals surface area contributed by atoms with Gasteiger partial charge in [-0.15, -0.1) is 0 Å². The van der Waals surface area contributed by atoms with Crippen molar-refractivity contribution in [2.75, 3.05) is 6.54 Å². The van der Waals surface area contributed by atoms with Gasteiger partial charge in [0.2, 0.25) is 0 Å². The quantitative estimate of drug-likeness (QED) is 0.718. The van der Waals surface area contributed by atoms with Crippen LogP contribution in [-0.4, -0.2) is 36.2 Å². The first kappa shape index (κ1) is 15.6. The fourth-order valence-electron chi connectivity index (χ4n) is 1.67. The Balaban J connectivity index is 2.70. The number of hydrogen-bond acceptors (Lipinski definition) is 4. The van der Waals surface area contributed by atoms with Crippen LogP contribution in [0.2, 0.25) is 0 Å². The Bertz CT molecular complexity index is 517. The summed E-state index contributed by atoms with van der Waals surface area (Å²) in [6, 6.07) is 1.31. The van der Waals surface area contributed by atoms with Gasteiger partial charge in [0.05, 0.1) is 12.1 Å². The van der Waals surface area contributed by atoms with Gasteiger partial charge in [-0.1, -0.05) is 20.8 Å². The van der Waals surface area contributed by atoms with Crippen LogP contribution in [0, 0.1) is 11.3 Å². The molecule has 1 unspecified atom stereocenters. The fraction of sp³-hybridized carbons (Fsp3) is 0.636. The molecule has 1 heterocycles. The van der Waals surface area contributed by atoms with Crippen molar-refractivity contribution in [3.8, 4) is 0 Å². The van der Waals surface area contributed by atoms with Gasteiger partial charge in [0, 0.05) is 6.54 Å². The lowest BCUT2D eigenvalue weighted by Crippen LogP contribution is -2.35. The standard InChI is InChI=1S/C11H19N3O4S/c1-11(2,3)6-8(10(15)16)7-13-19(17,18)9-4-5-12-14-9/h4-5,8,13H,6-7H2,1-3H3,(H,12,14)(H,15,16). The largest absolute Gasteiger partial charge is 0.481 e. The van der Waals surface area contributed by atoms with Crippen LogP contribution < -0.4 is 4.72 Å². The maximum Gasteiger partial charge on any atom is 0.307 e. The summed E-state index contributed by atoms with van der Waals surface area (Å²) in [5, 5.41) is 14.9. The Morgan fingerprint density at radius 1 is 1.53 bits per heavy atom. The van der Waals surface area contributed by atoms with E-state index in [9.17, 15) is 13.2 Å². The molecule has 7 nitrogen and oxygen atoms in total. The first-order valence-electron chi connectivity index (χ1n) is 5.84. The Kier molecular flexibility index (Phi) is 4.70. The molecule has 0 fully saturated rings. The molecule has 1 aromatic heterocycles. The first-order valence-corrected chi connectivity index (χ1v) is 7.32. The van der Waals surface area contributed by atoms with Gasteiger partial charge < -0.3 is 5.11 Å². The molecule has 0 bridgehead atoms. The number of carboxylic acid groups (broad SMARTS) is 1. The van der Waals surface area contributed by atoms with Gasteiger partial charge in [-0.25, -0.2) is 13.1 Å². The molecule has 1 rings (SSSR count). The number of rotatable bonds is 6. The molecule has 8 heteroatoms. The molecule has 0 aliphatic heterocycles. The number of nitrogens with one attached hydrogen (secondary N) is 2. The number of aliphatic carboxylic acids is 1. The molecule has 19 heavy (non-hydrogen) atoms. The zero-order chi connectivity index (χ0) is 14.7.